The average molecular weight is 627 g/mol. The molecule has 5 atom stereocenters. The lowest BCUT2D eigenvalue weighted by atomic mass is 9.58. The minimum absolute atomic E-state index is 0.195. The molecule has 0 radical (unpaired) electrons. The number of allylic oxidation sites excluding steroid dienone is 1. The van der Waals surface area contributed by atoms with E-state index in [-0.39, 0.29) is 22.3 Å². The van der Waals surface area contributed by atoms with E-state index in [1.807, 2.05) is 6.07 Å². The fourth-order valence-corrected chi connectivity index (χ4v) is 8.30. The number of amides is 1. The van der Waals surface area contributed by atoms with Gasteiger partial charge in [0.25, 0.3) is 5.91 Å². The number of aryl methyl sites for hydroxylation is 1. The van der Waals surface area contributed by atoms with Gasteiger partial charge in [0.15, 0.2) is 0 Å². The van der Waals surface area contributed by atoms with Gasteiger partial charge in [-0.05, 0) is 99.2 Å². The molecule has 3 aliphatic rings. The largest absolute Gasteiger partial charge is 0.490 e. The Morgan fingerprint density at radius 2 is 2.05 bits per heavy atom. The molecule has 5 rings (SSSR count). The van der Waals surface area contributed by atoms with Gasteiger partial charge in [-0.2, -0.15) is 0 Å². The average Bonchev–Trinajstić information content (AvgIpc) is 3.13. The van der Waals surface area contributed by atoms with Crippen LogP contribution in [0, 0.1) is 11.3 Å². The van der Waals surface area contributed by atoms with Crippen LogP contribution in [0.1, 0.15) is 73.9 Å². The van der Waals surface area contributed by atoms with Gasteiger partial charge in [0, 0.05) is 34.5 Å². The minimum Gasteiger partial charge on any atom is -0.490 e. The Morgan fingerprint density at radius 3 is 2.74 bits per heavy atom. The van der Waals surface area contributed by atoms with Crippen molar-refractivity contribution in [1.29, 1.82) is 0 Å². The number of halogens is 1. The molecule has 0 bridgehead atoms. The molecule has 1 amide bonds. The van der Waals surface area contributed by atoms with E-state index < -0.39 is 27.3 Å². The van der Waals surface area contributed by atoms with Crippen LogP contribution < -0.4 is 14.4 Å². The Hall–Kier alpha value is -2.81. The maximum absolute atomic E-state index is 13.3. The second-order valence-corrected chi connectivity index (χ2v) is 15.4. The number of ether oxygens (including phenoxy) is 1. The zero-order valence-electron chi connectivity index (χ0n) is 25.1. The Balaban J connectivity index is 1.51. The minimum atomic E-state index is -3.86. The molecule has 232 valence electrons. The summed E-state index contributed by atoms with van der Waals surface area (Å²) in [4.78, 5) is 15.6. The first-order valence-electron chi connectivity index (χ1n) is 15.2. The van der Waals surface area contributed by atoms with Gasteiger partial charge in [0.1, 0.15) is 5.75 Å². The number of sulfonamides is 1. The third-order valence-electron chi connectivity index (χ3n) is 10.1. The summed E-state index contributed by atoms with van der Waals surface area (Å²) in [5, 5.41) is 10.8. The molecule has 7 nitrogen and oxygen atoms in total. The van der Waals surface area contributed by atoms with Gasteiger partial charge in [-0.15, -0.1) is 13.2 Å². The lowest BCUT2D eigenvalue weighted by Crippen LogP contribution is -2.53. The molecule has 43 heavy (non-hydrogen) atoms. The van der Waals surface area contributed by atoms with E-state index in [0.717, 1.165) is 42.8 Å². The number of aliphatic hydroxyl groups excluding tert-OH is 1. The first-order valence-corrected chi connectivity index (χ1v) is 17.1. The van der Waals surface area contributed by atoms with Crippen LogP contribution in [0.15, 0.2) is 61.7 Å². The van der Waals surface area contributed by atoms with E-state index in [2.05, 4.69) is 41.8 Å². The number of rotatable bonds is 10. The van der Waals surface area contributed by atoms with Gasteiger partial charge >= 0.3 is 0 Å². The molecular formula is C34H43ClN2O5S. The molecule has 1 heterocycles. The number of fused-ring (bicyclic) bond motifs is 3. The number of nitrogens with one attached hydrogen (secondary N) is 1. The van der Waals surface area contributed by atoms with Gasteiger partial charge in [-0.25, -0.2) is 13.1 Å². The van der Waals surface area contributed by atoms with Gasteiger partial charge < -0.3 is 14.7 Å². The van der Waals surface area contributed by atoms with E-state index in [4.69, 9.17) is 16.3 Å². The van der Waals surface area contributed by atoms with Crippen molar-refractivity contribution in [3.8, 4) is 5.75 Å². The van der Waals surface area contributed by atoms with Gasteiger partial charge in [0.05, 0.1) is 23.6 Å². The third kappa shape index (κ3) is 6.11. The highest BCUT2D eigenvalue weighted by molar-refractivity contribution is 7.90. The zero-order chi connectivity index (χ0) is 31.0. The maximum atomic E-state index is 13.3. The summed E-state index contributed by atoms with van der Waals surface area (Å²) in [6.07, 6.45) is 8.36. The predicted molar refractivity (Wildman–Crippen MR) is 173 cm³/mol. The van der Waals surface area contributed by atoms with Crippen molar-refractivity contribution < 1.29 is 23.1 Å². The quantitative estimate of drug-likeness (QED) is 0.305. The number of hydrogen-bond donors (Lipinski definition) is 2. The monoisotopic (exact) mass is 626 g/mol. The van der Waals surface area contributed by atoms with Crippen LogP contribution in [0.25, 0.3) is 0 Å². The Kier molecular flexibility index (Phi) is 9.04. The molecule has 0 saturated heterocycles. The second-order valence-electron chi connectivity index (χ2n) is 12.9. The van der Waals surface area contributed by atoms with Gasteiger partial charge in [-0.3, -0.25) is 4.79 Å². The first-order chi connectivity index (χ1) is 20.4. The summed E-state index contributed by atoms with van der Waals surface area (Å²) in [5.74, 6) is 0.183. The van der Waals surface area contributed by atoms with E-state index in [1.54, 1.807) is 37.3 Å². The van der Waals surface area contributed by atoms with Crippen molar-refractivity contribution in [2.75, 3.05) is 24.6 Å². The number of aliphatic hydroxyl groups is 1. The summed E-state index contributed by atoms with van der Waals surface area (Å²) in [7, 11) is -3.86. The van der Waals surface area contributed by atoms with Crippen molar-refractivity contribution in [1.82, 2.24) is 4.72 Å². The van der Waals surface area contributed by atoms with Crippen molar-refractivity contribution in [2.24, 2.45) is 11.3 Å². The van der Waals surface area contributed by atoms with Crippen LogP contribution in [0.2, 0.25) is 5.02 Å². The highest BCUT2D eigenvalue weighted by Gasteiger charge is 2.49. The van der Waals surface area contributed by atoms with Crippen LogP contribution in [0.3, 0.4) is 0 Å². The number of benzene rings is 2. The van der Waals surface area contributed by atoms with Crippen LogP contribution in [-0.4, -0.2) is 50.5 Å². The number of carbonyl (C=O) groups is 1. The van der Waals surface area contributed by atoms with E-state index >= 15 is 0 Å². The normalized spacial score (nSPS) is 26.1. The summed E-state index contributed by atoms with van der Waals surface area (Å²) in [5.41, 5.74) is 2.89. The third-order valence-corrected chi connectivity index (χ3v) is 12.1. The van der Waals surface area contributed by atoms with Crippen molar-refractivity contribution in [3.05, 3.63) is 83.4 Å². The summed E-state index contributed by atoms with van der Waals surface area (Å²) in [6, 6.07) is 11.3. The molecule has 9 heteroatoms. The molecular weight excluding hydrogens is 584 g/mol. The van der Waals surface area contributed by atoms with Crippen LogP contribution in [0.5, 0.6) is 5.75 Å². The number of hydrogen-bond acceptors (Lipinski definition) is 6. The fourth-order valence-electron chi connectivity index (χ4n) is 7.08. The maximum Gasteiger partial charge on any atom is 0.264 e. The van der Waals surface area contributed by atoms with Crippen molar-refractivity contribution in [3.63, 3.8) is 0 Å². The molecule has 2 aromatic carbocycles. The standard InChI is InChI=1S/C34H43ClN2O5S/c1-5-7-9-23(3)43(40,41)36-32(39)25-11-14-30-29(19-25)37(20-26-15-17-33(26,4)31(38)6-2)21-34(22-42-30)16-8-10-24-18-27(35)12-13-28(24)34/h5-6,11-14,18-19,23,26,31,38H,1-2,7-10,15-17,20-22H2,3-4H3,(H,36,39)/t23?,26-,31?,33+,34-/m0/s1. The predicted octanol–water partition coefficient (Wildman–Crippen LogP) is 6.19. The fraction of sp³-hybridized carbons (Fsp3) is 0.500. The lowest BCUT2D eigenvalue weighted by molar-refractivity contribution is -0.0466. The second kappa shape index (κ2) is 12.3. The summed E-state index contributed by atoms with van der Waals surface area (Å²) in [6.45, 7) is 13.0. The Bertz CT molecular complexity index is 1510. The van der Waals surface area contributed by atoms with Crippen LogP contribution in [-0.2, 0) is 21.9 Å². The highest BCUT2D eigenvalue weighted by atomic mass is 35.5. The zero-order valence-corrected chi connectivity index (χ0v) is 26.7. The molecule has 2 N–H and O–H groups in total. The van der Waals surface area contributed by atoms with E-state index in [1.165, 1.54) is 11.1 Å². The molecule has 2 aromatic rings. The molecule has 1 fully saturated rings. The summed E-state index contributed by atoms with van der Waals surface area (Å²) >= 11 is 6.39. The van der Waals surface area contributed by atoms with Crippen molar-refractivity contribution in [2.45, 2.75) is 75.6 Å². The lowest BCUT2D eigenvalue weighted by Gasteiger charge is -2.52. The molecule has 1 spiro atoms. The van der Waals surface area contributed by atoms with Gasteiger partial charge in [0.2, 0.25) is 10.0 Å². The van der Waals surface area contributed by atoms with E-state index in [0.29, 0.717) is 38.3 Å². The smallest absolute Gasteiger partial charge is 0.264 e. The molecule has 0 aromatic heterocycles. The molecule has 2 unspecified atom stereocenters. The molecule has 1 aliphatic heterocycles. The number of nitrogens with zero attached hydrogens (tertiary/aromatic N) is 1. The summed E-state index contributed by atoms with van der Waals surface area (Å²) < 4.78 is 34.6. The Morgan fingerprint density at radius 1 is 1.26 bits per heavy atom. The molecule has 2 aliphatic carbocycles. The number of carbonyl (C=O) groups excluding carboxylic acids is 1. The number of anilines is 1. The molecule has 1 saturated carbocycles. The van der Waals surface area contributed by atoms with E-state index in [9.17, 15) is 18.3 Å². The van der Waals surface area contributed by atoms with Crippen LogP contribution >= 0.6 is 11.6 Å². The van der Waals surface area contributed by atoms with Gasteiger partial charge in [-0.1, -0.05) is 36.7 Å². The van der Waals surface area contributed by atoms with Crippen molar-refractivity contribution >= 4 is 33.2 Å². The highest BCUT2D eigenvalue weighted by Crippen LogP contribution is 2.52. The van der Waals surface area contributed by atoms with Crippen LogP contribution in [0.4, 0.5) is 5.69 Å². The Labute approximate surface area is 261 Å². The SMILES string of the molecule is C=CCCC(C)S(=O)(=O)NC(=O)c1ccc2c(c1)N(C[C@@H]1CC[C@@]1(C)C(O)C=C)C[C@@]1(CCCc3cc(Cl)ccc31)CO2. The topological polar surface area (TPSA) is 95.9 Å². The first kappa shape index (κ1) is 31.6.